The molecule has 12 rings (SSSR count). The van der Waals surface area contributed by atoms with Crippen LogP contribution < -0.4 is 20.1 Å². The van der Waals surface area contributed by atoms with E-state index >= 15 is 8.78 Å². The third-order valence-corrected chi connectivity index (χ3v) is 13.6. The molecule has 0 bridgehead atoms. The number of nitrogens with zero attached hydrogens (tertiary/aromatic N) is 8. The lowest BCUT2D eigenvalue weighted by Crippen LogP contribution is -2.28. The fourth-order valence-corrected chi connectivity index (χ4v) is 10.7. The molecule has 4 aliphatic rings. The molecule has 2 aromatic carbocycles. The van der Waals surface area contributed by atoms with Gasteiger partial charge in [-0.05, 0) is 100 Å². The van der Waals surface area contributed by atoms with E-state index in [-0.39, 0.29) is 53.4 Å². The van der Waals surface area contributed by atoms with Crippen LogP contribution in [0.3, 0.4) is 0 Å². The van der Waals surface area contributed by atoms with Crippen molar-refractivity contribution in [1.29, 1.82) is 0 Å². The maximum Gasteiger partial charge on any atom is 0.324 e. The number of aryl methyl sites for hydroxylation is 2. The molecule has 16 nitrogen and oxygen atoms in total. The topological polar surface area (TPSA) is 218 Å². The molecule has 0 saturated heterocycles. The van der Waals surface area contributed by atoms with Gasteiger partial charge in [0.25, 0.3) is 0 Å². The quantitative estimate of drug-likeness (QED) is 0.0935. The molecule has 0 amide bonds. The lowest BCUT2D eigenvalue weighted by atomic mass is 9.74. The second-order valence-corrected chi connectivity index (χ2v) is 17.5. The average Bonchev–Trinajstić information content (AvgIpc) is 3.77. The highest BCUT2D eigenvalue weighted by Crippen LogP contribution is 2.51. The van der Waals surface area contributed by atoms with Gasteiger partial charge >= 0.3 is 12.0 Å². The van der Waals surface area contributed by atoms with E-state index in [9.17, 15) is 10.2 Å². The maximum atomic E-state index is 15.2. The zero-order chi connectivity index (χ0) is 44.0. The Hall–Kier alpha value is -6.66. The van der Waals surface area contributed by atoms with Gasteiger partial charge in [0, 0.05) is 47.5 Å². The molecule has 2 saturated carbocycles. The van der Waals surface area contributed by atoms with Crippen molar-refractivity contribution < 1.29 is 28.5 Å². The molecular weight excluding hydrogens is 823 g/mol. The maximum absolute atomic E-state index is 15.2. The average molecular weight is 869 g/mol. The molecule has 0 unspecified atom stereocenters. The van der Waals surface area contributed by atoms with E-state index in [1.54, 1.807) is 58.8 Å². The molecule has 6 N–H and O–H groups in total. The van der Waals surface area contributed by atoms with Gasteiger partial charge in [-0.15, -0.1) is 0 Å². The smallest absolute Gasteiger partial charge is 0.324 e. The van der Waals surface area contributed by atoms with Crippen molar-refractivity contribution in [3.63, 3.8) is 0 Å². The van der Waals surface area contributed by atoms with Crippen molar-refractivity contribution in [2.45, 2.75) is 89.3 Å². The summed E-state index contributed by atoms with van der Waals surface area (Å²) in [5.74, 6) is 2.08. The zero-order valence-electron chi connectivity index (χ0n) is 35.6. The third kappa shape index (κ3) is 6.77. The van der Waals surface area contributed by atoms with E-state index in [4.69, 9.17) is 19.4 Å². The number of hydrogen-bond acceptors (Lipinski definition) is 14. The minimum Gasteiger partial charge on any atom is -0.421 e. The van der Waals surface area contributed by atoms with Crippen LogP contribution in [0.2, 0.25) is 0 Å². The van der Waals surface area contributed by atoms with Crippen LogP contribution in [0.15, 0.2) is 36.9 Å². The van der Waals surface area contributed by atoms with Gasteiger partial charge in [-0.3, -0.25) is 0 Å². The second kappa shape index (κ2) is 15.5. The summed E-state index contributed by atoms with van der Waals surface area (Å²) in [5, 5.41) is 30.3. The summed E-state index contributed by atoms with van der Waals surface area (Å²) in [6, 6.07) is 3.45. The molecule has 2 fully saturated rings. The lowest BCUT2D eigenvalue weighted by Gasteiger charge is -2.33. The molecule has 6 heterocycles. The Balaban J connectivity index is 0.000000143. The van der Waals surface area contributed by atoms with E-state index in [1.807, 2.05) is 0 Å². The Morgan fingerprint density at radius 3 is 1.58 bits per heavy atom. The standard InChI is InChI=1S/2C23H23FN6O2/c1-10-26-8-13(9-27-10)32-23-29-20-14-4-3-12(31)5-11(14)6-15-16(24)7-17(25-2)21-18(15)19(20)22(28-21)30-23;1-10-26-8-13(9-27-10)32-23-29-20-14-6-12(31)4-3-11(14)5-15-16(24)7-17(25-2)21-18(15)19(20)22(28-21)30-23/h2*7-9,11-12,14,25,31H,3-6H2,1-2H3,(H,28,29,30)/t11-,12-,14+;11-,12+,14+/m11/s1. The molecular formula is C46H46F2N12O4. The molecule has 6 atom stereocenters. The van der Waals surface area contributed by atoms with E-state index in [0.29, 0.717) is 89.0 Å². The van der Waals surface area contributed by atoms with Crippen molar-refractivity contribution >= 4 is 55.2 Å². The van der Waals surface area contributed by atoms with Crippen LogP contribution in [0.1, 0.15) is 84.5 Å². The Labute approximate surface area is 364 Å². The molecule has 6 aromatic heterocycles. The predicted molar refractivity (Wildman–Crippen MR) is 235 cm³/mol. The highest BCUT2D eigenvalue weighted by atomic mass is 19.1. The largest absolute Gasteiger partial charge is 0.421 e. The second-order valence-electron chi connectivity index (χ2n) is 17.5. The van der Waals surface area contributed by atoms with Crippen LogP contribution in [0, 0.1) is 37.3 Å². The highest BCUT2D eigenvalue weighted by molar-refractivity contribution is 6.14. The van der Waals surface area contributed by atoms with Crippen molar-refractivity contribution in [2.75, 3.05) is 24.7 Å². The Kier molecular flexibility index (Phi) is 9.75. The van der Waals surface area contributed by atoms with Gasteiger partial charge in [0.1, 0.15) is 34.6 Å². The normalized spacial score (nSPS) is 22.2. The van der Waals surface area contributed by atoms with E-state index in [2.05, 4.69) is 50.5 Å². The number of aliphatic hydroxyl groups excluding tert-OH is 2. The molecule has 0 spiro atoms. The zero-order valence-corrected chi connectivity index (χ0v) is 35.6. The lowest BCUT2D eigenvalue weighted by molar-refractivity contribution is 0.0886. The molecule has 8 aromatic rings. The van der Waals surface area contributed by atoms with Crippen LogP contribution in [0.4, 0.5) is 20.2 Å². The first-order chi connectivity index (χ1) is 31.0. The van der Waals surface area contributed by atoms with E-state index in [1.165, 1.54) is 6.07 Å². The van der Waals surface area contributed by atoms with Crippen molar-refractivity contribution in [2.24, 2.45) is 11.8 Å². The Bertz CT molecular complexity index is 3120. The number of halogens is 2. The third-order valence-electron chi connectivity index (χ3n) is 13.6. The van der Waals surface area contributed by atoms with Gasteiger partial charge in [0.2, 0.25) is 0 Å². The number of anilines is 2. The van der Waals surface area contributed by atoms with Gasteiger partial charge in [-0.1, -0.05) is 0 Å². The number of aliphatic hydroxyl groups is 2. The van der Waals surface area contributed by atoms with Gasteiger partial charge in [0.15, 0.2) is 11.5 Å². The SMILES string of the molecule is CNc1cc(F)c2c3c1[nH]c1nc(Oc4cnc(C)nc4)nc(c13)[C@H]1CC[C@@H](O)C[C@@H]1C2.CNc1cc(F)c2c3c1[nH]c1nc(Oc4cnc(C)nc4)nc(c13)[C@H]1C[C@@H](O)CC[C@@H]1C2. The molecule has 18 heteroatoms. The number of H-pyrrole nitrogens is 2. The van der Waals surface area contributed by atoms with Crippen molar-refractivity contribution in [1.82, 2.24) is 49.8 Å². The summed E-state index contributed by atoms with van der Waals surface area (Å²) in [5.41, 5.74) is 7.19. The number of aromatic amines is 2. The summed E-state index contributed by atoms with van der Waals surface area (Å²) in [7, 11) is 3.54. The first-order valence-electron chi connectivity index (χ1n) is 21.8. The highest BCUT2D eigenvalue weighted by Gasteiger charge is 2.40. The summed E-state index contributed by atoms with van der Waals surface area (Å²) >= 11 is 0. The molecule has 64 heavy (non-hydrogen) atoms. The summed E-state index contributed by atoms with van der Waals surface area (Å²) < 4.78 is 42.3. The number of nitrogens with one attached hydrogen (secondary N) is 4. The van der Waals surface area contributed by atoms with E-state index in [0.717, 1.165) is 63.2 Å². The molecule has 4 aliphatic carbocycles. The summed E-state index contributed by atoms with van der Waals surface area (Å²) in [6.07, 6.45) is 11.0. The fraction of sp³-hybridized carbons (Fsp3) is 0.391. The number of ether oxygens (including phenoxy) is 2. The van der Waals surface area contributed by atoms with Crippen LogP contribution in [0.25, 0.3) is 43.9 Å². The molecule has 328 valence electrons. The van der Waals surface area contributed by atoms with Crippen molar-refractivity contribution in [3.8, 4) is 23.5 Å². The summed E-state index contributed by atoms with van der Waals surface area (Å²) in [4.78, 5) is 42.3. The van der Waals surface area contributed by atoms with Gasteiger partial charge in [-0.25, -0.2) is 28.7 Å². The van der Waals surface area contributed by atoms with Crippen LogP contribution in [-0.2, 0) is 12.8 Å². The van der Waals surface area contributed by atoms with Gasteiger partial charge < -0.3 is 40.3 Å². The van der Waals surface area contributed by atoms with Crippen LogP contribution >= 0.6 is 0 Å². The minimum absolute atomic E-state index is 0.00953. The number of rotatable bonds is 6. The monoisotopic (exact) mass is 868 g/mol. The minimum atomic E-state index is -0.399. The Morgan fingerprint density at radius 1 is 0.594 bits per heavy atom. The number of fused-ring (bicyclic) bond motifs is 4. The number of aromatic nitrogens is 10. The van der Waals surface area contributed by atoms with Gasteiger partial charge in [-0.2, -0.15) is 19.9 Å². The first kappa shape index (κ1) is 40.1. The molecule has 0 radical (unpaired) electrons. The van der Waals surface area contributed by atoms with Crippen molar-refractivity contribution in [3.05, 3.63) is 82.7 Å². The Morgan fingerprint density at radius 2 is 1.06 bits per heavy atom. The molecule has 0 aliphatic heterocycles. The van der Waals surface area contributed by atoms with Gasteiger partial charge in [0.05, 0.1) is 70.8 Å². The number of benzene rings is 2. The first-order valence-corrected chi connectivity index (χ1v) is 21.8. The fourth-order valence-electron chi connectivity index (χ4n) is 10.7. The van der Waals surface area contributed by atoms with E-state index < -0.39 is 6.10 Å². The predicted octanol–water partition coefficient (Wildman–Crippen LogP) is 7.97. The number of hydrogen-bond donors (Lipinski definition) is 6. The van der Waals surface area contributed by atoms with Crippen LogP contribution in [0.5, 0.6) is 23.5 Å². The van der Waals surface area contributed by atoms with Crippen LogP contribution in [-0.4, -0.2) is 86.4 Å². The summed E-state index contributed by atoms with van der Waals surface area (Å²) in [6.45, 7) is 3.60.